The van der Waals surface area contributed by atoms with Crippen LogP contribution in [0, 0.1) is 6.92 Å². The Labute approximate surface area is 151 Å². The predicted molar refractivity (Wildman–Crippen MR) is 99.3 cm³/mol. The summed E-state index contributed by atoms with van der Waals surface area (Å²) < 4.78 is 27.6. The molecule has 1 amide bonds. The fraction of sp³-hybridized carbons (Fsp3) is 0.611. The zero-order valence-corrected chi connectivity index (χ0v) is 16.2. The Morgan fingerprint density at radius 3 is 2.40 bits per heavy atom. The summed E-state index contributed by atoms with van der Waals surface area (Å²) in [5.74, 6) is -0.242. The highest BCUT2D eigenvalue weighted by Gasteiger charge is 2.27. The highest BCUT2D eigenvalue weighted by molar-refractivity contribution is 7.89. The van der Waals surface area contributed by atoms with E-state index in [4.69, 9.17) is 0 Å². The van der Waals surface area contributed by atoms with Gasteiger partial charge in [-0.3, -0.25) is 4.79 Å². The molecule has 0 spiro atoms. The van der Waals surface area contributed by atoms with E-state index < -0.39 is 10.0 Å². The number of likely N-dealkylation sites (N-methyl/N-ethyl adjacent to an activating group) is 1. The molecule has 25 heavy (non-hydrogen) atoms. The van der Waals surface area contributed by atoms with Crippen LogP contribution in [-0.4, -0.2) is 63.8 Å². The van der Waals surface area contributed by atoms with Gasteiger partial charge in [-0.15, -0.1) is 0 Å². The van der Waals surface area contributed by atoms with Crippen LogP contribution in [0.5, 0.6) is 0 Å². The van der Waals surface area contributed by atoms with Crippen molar-refractivity contribution < 1.29 is 13.2 Å². The Bertz CT molecular complexity index is 694. The number of rotatable bonds is 6. The van der Waals surface area contributed by atoms with E-state index >= 15 is 0 Å². The molecule has 7 heteroatoms. The van der Waals surface area contributed by atoms with Crippen molar-refractivity contribution in [1.82, 2.24) is 14.5 Å². The Hall–Kier alpha value is -1.44. The van der Waals surface area contributed by atoms with Crippen LogP contribution in [0.2, 0.25) is 0 Å². The fourth-order valence-electron chi connectivity index (χ4n) is 2.94. The Kier molecular flexibility index (Phi) is 6.98. The van der Waals surface area contributed by atoms with Crippen LogP contribution < -0.4 is 5.32 Å². The summed E-state index contributed by atoms with van der Waals surface area (Å²) in [6.07, 6.45) is 3.92. The lowest BCUT2D eigenvalue weighted by molar-refractivity contribution is 0.0951. The second kappa shape index (κ2) is 8.78. The van der Waals surface area contributed by atoms with Crippen LogP contribution in [-0.2, 0) is 10.0 Å². The van der Waals surface area contributed by atoms with E-state index in [2.05, 4.69) is 5.32 Å². The van der Waals surface area contributed by atoms with Gasteiger partial charge in [-0.1, -0.05) is 18.9 Å². The minimum Gasteiger partial charge on any atom is -0.351 e. The van der Waals surface area contributed by atoms with Crippen molar-refractivity contribution in [2.24, 2.45) is 0 Å². The SMILES string of the molecule is Cc1ccc(C(=O)NCCN(C)C)cc1S(=O)(=O)N1CCCCCC1. The average molecular weight is 368 g/mol. The lowest BCUT2D eigenvalue weighted by Gasteiger charge is -2.21. The zero-order valence-electron chi connectivity index (χ0n) is 15.4. The second-order valence-corrected chi connectivity index (χ2v) is 8.76. The highest BCUT2D eigenvalue weighted by atomic mass is 32.2. The predicted octanol–water partition coefficient (Wildman–Crippen LogP) is 1.85. The van der Waals surface area contributed by atoms with Crippen molar-refractivity contribution in [3.63, 3.8) is 0 Å². The maximum Gasteiger partial charge on any atom is 0.251 e. The van der Waals surface area contributed by atoms with E-state index in [1.807, 2.05) is 19.0 Å². The second-order valence-electron chi connectivity index (χ2n) is 6.86. The molecule has 1 saturated heterocycles. The average Bonchev–Trinajstić information content (AvgIpc) is 2.84. The topological polar surface area (TPSA) is 69.7 Å². The first-order valence-corrected chi connectivity index (χ1v) is 10.3. The van der Waals surface area contributed by atoms with E-state index in [1.54, 1.807) is 23.4 Å². The highest BCUT2D eigenvalue weighted by Crippen LogP contribution is 2.24. The van der Waals surface area contributed by atoms with E-state index in [0.717, 1.165) is 32.2 Å². The number of carbonyl (C=O) groups is 1. The van der Waals surface area contributed by atoms with Gasteiger partial charge < -0.3 is 10.2 Å². The number of nitrogens with zero attached hydrogens (tertiary/aromatic N) is 2. The van der Waals surface area contributed by atoms with Crippen molar-refractivity contribution in [3.8, 4) is 0 Å². The van der Waals surface area contributed by atoms with Gasteiger partial charge >= 0.3 is 0 Å². The molecule has 1 aromatic rings. The van der Waals surface area contributed by atoms with Crippen LogP contribution >= 0.6 is 0 Å². The first-order chi connectivity index (χ1) is 11.8. The van der Waals surface area contributed by atoms with Crippen LogP contribution in [0.4, 0.5) is 0 Å². The first-order valence-electron chi connectivity index (χ1n) is 8.86. The summed E-state index contributed by atoms with van der Waals surface area (Å²) in [4.78, 5) is 14.5. The molecule has 140 valence electrons. The third-order valence-electron chi connectivity index (χ3n) is 4.48. The lowest BCUT2D eigenvalue weighted by atomic mass is 10.1. The number of amides is 1. The molecule has 6 nitrogen and oxygen atoms in total. The monoisotopic (exact) mass is 367 g/mol. The molecule has 1 aliphatic heterocycles. The van der Waals surface area contributed by atoms with E-state index in [9.17, 15) is 13.2 Å². The number of hydrogen-bond donors (Lipinski definition) is 1. The largest absolute Gasteiger partial charge is 0.351 e. The molecule has 0 unspecified atom stereocenters. The third-order valence-corrected chi connectivity index (χ3v) is 6.52. The molecule has 0 saturated carbocycles. The maximum absolute atomic E-state index is 13.0. The summed E-state index contributed by atoms with van der Waals surface area (Å²) in [7, 11) is 0.308. The van der Waals surface area contributed by atoms with Crippen LogP contribution in [0.3, 0.4) is 0 Å². The van der Waals surface area contributed by atoms with Crippen molar-refractivity contribution in [2.45, 2.75) is 37.5 Å². The summed E-state index contributed by atoms with van der Waals surface area (Å²) in [6, 6.07) is 4.91. The van der Waals surface area contributed by atoms with Gasteiger partial charge in [-0.25, -0.2) is 8.42 Å². The first kappa shape index (κ1) is 19.9. The summed E-state index contributed by atoms with van der Waals surface area (Å²) in [5.41, 5.74) is 1.06. The van der Waals surface area contributed by atoms with E-state index in [-0.39, 0.29) is 10.8 Å². The van der Waals surface area contributed by atoms with E-state index in [0.29, 0.717) is 30.8 Å². The van der Waals surface area contributed by atoms with E-state index in [1.165, 1.54) is 6.07 Å². The molecule has 1 N–H and O–H groups in total. The molecule has 0 radical (unpaired) electrons. The van der Waals surface area contributed by atoms with Crippen molar-refractivity contribution >= 4 is 15.9 Å². The Balaban J connectivity index is 2.21. The van der Waals surface area contributed by atoms with Gasteiger partial charge in [-0.05, 0) is 51.6 Å². The van der Waals surface area contributed by atoms with Gasteiger partial charge in [0.05, 0.1) is 4.90 Å². The van der Waals surface area contributed by atoms with Gasteiger partial charge in [0, 0.05) is 31.7 Å². The van der Waals surface area contributed by atoms with Crippen molar-refractivity contribution in [2.75, 3.05) is 40.3 Å². The molecule has 0 atom stereocenters. The fourth-order valence-corrected chi connectivity index (χ4v) is 4.70. The van der Waals surface area contributed by atoms with Gasteiger partial charge in [0.1, 0.15) is 0 Å². The van der Waals surface area contributed by atoms with Crippen molar-refractivity contribution in [1.29, 1.82) is 0 Å². The molecule has 1 aromatic carbocycles. The molecular weight excluding hydrogens is 338 g/mol. The number of benzene rings is 1. The molecule has 1 fully saturated rings. The molecular formula is C18H29N3O3S. The minimum absolute atomic E-state index is 0.242. The maximum atomic E-state index is 13.0. The molecule has 1 aliphatic rings. The lowest BCUT2D eigenvalue weighted by Crippen LogP contribution is -2.33. The van der Waals surface area contributed by atoms with Gasteiger partial charge in [0.2, 0.25) is 10.0 Å². The van der Waals surface area contributed by atoms with Gasteiger partial charge in [-0.2, -0.15) is 4.31 Å². The number of sulfonamides is 1. The standard InChI is InChI=1S/C18H29N3O3S/c1-15-8-9-16(18(22)19-10-13-20(2)3)14-17(15)25(23,24)21-11-6-4-5-7-12-21/h8-9,14H,4-7,10-13H2,1-3H3,(H,19,22). The summed E-state index contributed by atoms with van der Waals surface area (Å²) >= 11 is 0. The Morgan fingerprint density at radius 1 is 1.16 bits per heavy atom. The van der Waals surface area contributed by atoms with Crippen LogP contribution in [0.15, 0.2) is 23.1 Å². The summed E-state index contributed by atoms with van der Waals surface area (Å²) in [6.45, 7) is 4.14. The zero-order chi connectivity index (χ0) is 18.4. The van der Waals surface area contributed by atoms with Crippen molar-refractivity contribution in [3.05, 3.63) is 29.3 Å². The normalized spacial score (nSPS) is 16.6. The smallest absolute Gasteiger partial charge is 0.251 e. The molecule has 0 aliphatic carbocycles. The Morgan fingerprint density at radius 2 is 1.80 bits per heavy atom. The molecule has 2 rings (SSSR count). The van der Waals surface area contributed by atoms with Gasteiger partial charge in [0.15, 0.2) is 0 Å². The van der Waals surface area contributed by atoms with Gasteiger partial charge in [0.25, 0.3) is 5.91 Å². The number of hydrogen-bond acceptors (Lipinski definition) is 4. The van der Waals surface area contributed by atoms with Crippen LogP contribution in [0.25, 0.3) is 0 Å². The number of aryl methyl sites for hydroxylation is 1. The minimum atomic E-state index is -3.56. The number of nitrogens with one attached hydrogen (secondary N) is 1. The third kappa shape index (κ3) is 5.26. The molecule has 0 aromatic heterocycles. The quantitative estimate of drug-likeness (QED) is 0.833. The molecule has 1 heterocycles. The van der Waals surface area contributed by atoms with Crippen LogP contribution in [0.1, 0.15) is 41.6 Å². The number of carbonyl (C=O) groups excluding carboxylic acids is 1. The summed E-state index contributed by atoms with van der Waals surface area (Å²) in [5, 5.41) is 2.83. The molecule has 0 bridgehead atoms.